The molecule has 7 heteroatoms. The lowest BCUT2D eigenvalue weighted by atomic mass is 10.3. The third-order valence-corrected chi connectivity index (χ3v) is 3.47. The molecule has 6 nitrogen and oxygen atoms in total. The zero-order valence-electron chi connectivity index (χ0n) is 11.2. The molecule has 0 unspecified atom stereocenters. The van der Waals surface area contributed by atoms with Crippen molar-refractivity contribution in [3.8, 4) is 11.4 Å². The molecule has 0 atom stereocenters. The number of amides is 1. The van der Waals surface area contributed by atoms with Gasteiger partial charge >= 0.3 is 5.91 Å². The molecule has 1 N–H and O–H groups in total. The third kappa shape index (κ3) is 2.86. The zero-order valence-corrected chi connectivity index (χ0v) is 12.0. The number of hydrogen-bond donors (Lipinski definition) is 1. The Morgan fingerprint density at radius 2 is 2.05 bits per heavy atom. The van der Waals surface area contributed by atoms with Crippen LogP contribution in [0, 0.1) is 0 Å². The monoisotopic (exact) mass is 307 g/mol. The van der Waals surface area contributed by atoms with Gasteiger partial charge in [-0.05, 0) is 37.1 Å². The van der Waals surface area contributed by atoms with Gasteiger partial charge in [0.25, 0.3) is 0 Å². The minimum Gasteiger partial charge on any atom is -0.504 e. The van der Waals surface area contributed by atoms with E-state index in [-0.39, 0.29) is 11.4 Å². The van der Waals surface area contributed by atoms with Crippen LogP contribution in [0.3, 0.4) is 0 Å². The van der Waals surface area contributed by atoms with Crippen molar-refractivity contribution in [2.45, 2.75) is 12.8 Å². The molecule has 1 aliphatic heterocycles. The van der Waals surface area contributed by atoms with Crippen LogP contribution in [0.15, 0.2) is 30.5 Å². The molecule has 0 aliphatic carbocycles. The van der Waals surface area contributed by atoms with Gasteiger partial charge in [0.1, 0.15) is 0 Å². The Kier molecular flexibility index (Phi) is 3.81. The average Bonchev–Trinajstić information content (AvgIpc) is 2.90. The van der Waals surface area contributed by atoms with E-state index in [1.54, 1.807) is 24.3 Å². The number of nitrogens with zero attached hydrogens (tertiary/aromatic N) is 3. The second kappa shape index (κ2) is 5.75. The van der Waals surface area contributed by atoms with Gasteiger partial charge in [0.05, 0.1) is 18.5 Å². The summed E-state index contributed by atoms with van der Waals surface area (Å²) in [5, 5.41) is 15.9. The van der Waals surface area contributed by atoms with Crippen molar-refractivity contribution in [2.24, 2.45) is 0 Å². The highest BCUT2D eigenvalue weighted by Gasteiger charge is 2.25. The largest absolute Gasteiger partial charge is 0.504 e. The first kappa shape index (κ1) is 13.9. The molecule has 1 aromatic heterocycles. The van der Waals surface area contributed by atoms with Gasteiger partial charge in [-0.3, -0.25) is 9.63 Å². The first-order chi connectivity index (χ1) is 10.1. The minimum absolute atomic E-state index is 0.0214. The molecule has 1 amide bonds. The predicted octanol–water partition coefficient (Wildman–Crippen LogP) is 2.40. The van der Waals surface area contributed by atoms with E-state index < -0.39 is 5.91 Å². The molecular formula is C14H14ClN3O3. The Labute approximate surface area is 126 Å². The van der Waals surface area contributed by atoms with Crippen LogP contribution in [-0.4, -0.2) is 39.0 Å². The van der Waals surface area contributed by atoms with E-state index in [0.29, 0.717) is 23.9 Å². The Bertz CT molecular complexity index is 648. The minimum atomic E-state index is -0.431. The van der Waals surface area contributed by atoms with E-state index in [4.69, 9.17) is 16.4 Å². The summed E-state index contributed by atoms with van der Waals surface area (Å²) in [6.45, 7) is 1.01. The Hall–Kier alpha value is -2.05. The second-order valence-corrected chi connectivity index (χ2v) is 5.17. The van der Waals surface area contributed by atoms with Crippen LogP contribution < -0.4 is 0 Å². The fourth-order valence-electron chi connectivity index (χ4n) is 2.12. The highest BCUT2D eigenvalue weighted by Crippen LogP contribution is 2.22. The number of rotatable bonds is 2. The number of hydrogen-bond acceptors (Lipinski definition) is 4. The Morgan fingerprint density at radius 1 is 1.29 bits per heavy atom. The second-order valence-electron chi connectivity index (χ2n) is 4.73. The number of aromatic hydroxyl groups is 1. The predicted molar refractivity (Wildman–Crippen MR) is 76.5 cm³/mol. The van der Waals surface area contributed by atoms with Gasteiger partial charge in [-0.1, -0.05) is 11.6 Å². The zero-order chi connectivity index (χ0) is 14.8. The van der Waals surface area contributed by atoms with E-state index in [2.05, 4.69) is 5.10 Å². The van der Waals surface area contributed by atoms with Crippen LogP contribution in [0.25, 0.3) is 5.69 Å². The van der Waals surface area contributed by atoms with E-state index >= 15 is 0 Å². The smallest absolute Gasteiger partial charge is 0.301 e. The fourth-order valence-corrected chi connectivity index (χ4v) is 2.24. The van der Waals surface area contributed by atoms with Gasteiger partial charge in [-0.15, -0.1) is 0 Å². The van der Waals surface area contributed by atoms with E-state index in [1.807, 2.05) is 0 Å². The first-order valence-electron chi connectivity index (χ1n) is 6.64. The number of carbonyl (C=O) groups excluding carboxylic acids is 1. The lowest BCUT2D eigenvalue weighted by Crippen LogP contribution is -2.36. The van der Waals surface area contributed by atoms with E-state index in [9.17, 15) is 9.90 Å². The lowest BCUT2D eigenvalue weighted by molar-refractivity contribution is -0.144. The molecule has 0 saturated carbocycles. The van der Waals surface area contributed by atoms with E-state index in [0.717, 1.165) is 12.8 Å². The van der Waals surface area contributed by atoms with Crippen LogP contribution in [0.5, 0.6) is 5.75 Å². The van der Waals surface area contributed by atoms with Crippen LogP contribution in [0.2, 0.25) is 5.02 Å². The summed E-state index contributed by atoms with van der Waals surface area (Å²) in [6.07, 6.45) is 3.19. The van der Waals surface area contributed by atoms with Crippen molar-refractivity contribution in [2.75, 3.05) is 13.2 Å². The molecule has 1 aliphatic rings. The molecule has 21 heavy (non-hydrogen) atoms. The maximum absolute atomic E-state index is 12.3. The molecule has 110 valence electrons. The molecule has 2 aromatic rings. The molecule has 0 bridgehead atoms. The van der Waals surface area contributed by atoms with Crippen LogP contribution in [0.1, 0.15) is 23.3 Å². The molecule has 1 fully saturated rings. The van der Waals surface area contributed by atoms with Gasteiger partial charge in [0.2, 0.25) is 0 Å². The van der Waals surface area contributed by atoms with Crippen LogP contribution in [-0.2, 0) is 4.84 Å². The molecule has 1 saturated heterocycles. The summed E-state index contributed by atoms with van der Waals surface area (Å²) in [5.41, 5.74) is 0.681. The summed E-state index contributed by atoms with van der Waals surface area (Å²) < 4.78 is 1.43. The topological polar surface area (TPSA) is 67.6 Å². The summed E-state index contributed by atoms with van der Waals surface area (Å²) in [6, 6.07) is 6.93. The van der Waals surface area contributed by atoms with Gasteiger partial charge in [0, 0.05) is 11.6 Å². The average molecular weight is 308 g/mol. The molecule has 1 aromatic carbocycles. The van der Waals surface area contributed by atoms with E-state index in [1.165, 1.54) is 15.9 Å². The quantitative estimate of drug-likeness (QED) is 0.925. The van der Waals surface area contributed by atoms with Gasteiger partial charge in [-0.25, -0.2) is 9.75 Å². The summed E-state index contributed by atoms with van der Waals surface area (Å²) in [7, 11) is 0. The summed E-state index contributed by atoms with van der Waals surface area (Å²) >= 11 is 5.83. The highest BCUT2D eigenvalue weighted by molar-refractivity contribution is 6.30. The molecule has 3 rings (SSSR count). The number of benzene rings is 1. The maximum atomic E-state index is 12.3. The molecule has 0 radical (unpaired) electrons. The van der Waals surface area contributed by atoms with Crippen molar-refractivity contribution in [3.05, 3.63) is 41.2 Å². The van der Waals surface area contributed by atoms with Crippen molar-refractivity contribution < 1.29 is 14.7 Å². The number of hydroxylamine groups is 2. The van der Waals surface area contributed by atoms with Crippen molar-refractivity contribution in [3.63, 3.8) is 0 Å². The summed E-state index contributed by atoms with van der Waals surface area (Å²) in [4.78, 5) is 17.5. The molecule has 0 spiro atoms. The number of aromatic nitrogens is 2. The van der Waals surface area contributed by atoms with Gasteiger partial charge < -0.3 is 5.11 Å². The maximum Gasteiger partial charge on any atom is 0.301 e. The Morgan fingerprint density at radius 3 is 2.71 bits per heavy atom. The fraction of sp³-hybridized carbons (Fsp3) is 0.286. The lowest BCUT2D eigenvalue weighted by Gasteiger charge is -2.24. The molecular weight excluding hydrogens is 294 g/mol. The van der Waals surface area contributed by atoms with Crippen molar-refractivity contribution >= 4 is 17.5 Å². The standard InChI is InChI=1S/C14H14ClN3O3/c15-10-3-5-11(6-4-10)17-9-12(19)13(16-17)14(20)18-7-1-2-8-21-18/h3-6,9,19H,1-2,7-8H2. The normalized spacial score (nSPS) is 15.2. The first-order valence-corrected chi connectivity index (χ1v) is 7.02. The van der Waals surface area contributed by atoms with Crippen molar-refractivity contribution in [1.82, 2.24) is 14.8 Å². The van der Waals surface area contributed by atoms with Crippen molar-refractivity contribution in [1.29, 1.82) is 0 Å². The number of carbonyl (C=O) groups is 1. The van der Waals surface area contributed by atoms with Gasteiger partial charge in [0.15, 0.2) is 11.4 Å². The van der Waals surface area contributed by atoms with Crippen LogP contribution in [0.4, 0.5) is 0 Å². The SMILES string of the molecule is O=C(c1nn(-c2ccc(Cl)cc2)cc1O)N1CCCCO1. The van der Waals surface area contributed by atoms with Gasteiger partial charge in [-0.2, -0.15) is 5.10 Å². The number of halogens is 1. The molecule has 2 heterocycles. The third-order valence-electron chi connectivity index (χ3n) is 3.22. The highest BCUT2D eigenvalue weighted by atomic mass is 35.5. The van der Waals surface area contributed by atoms with Crippen LogP contribution >= 0.6 is 11.6 Å². The Balaban J connectivity index is 1.87. The summed E-state index contributed by atoms with van der Waals surface area (Å²) in [5.74, 6) is -0.607.